The number of rotatable bonds is 8. The maximum Gasteiger partial charge on any atom is 0.120 e. The molecule has 0 aliphatic rings. The van der Waals surface area contributed by atoms with Gasteiger partial charge in [0.1, 0.15) is 5.58 Å². The maximum absolute atomic E-state index is 6.33. The van der Waals surface area contributed by atoms with Gasteiger partial charge in [0.2, 0.25) is 0 Å². The van der Waals surface area contributed by atoms with Gasteiger partial charge in [-0.25, -0.2) is 0 Å². The Kier molecular flexibility index (Phi) is 12.1. The van der Waals surface area contributed by atoms with Crippen molar-refractivity contribution in [3.63, 3.8) is 0 Å². The van der Waals surface area contributed by atoms with Crippen LogP contribution in [0.2, 0.25) is 19.6 Å². The normalized spacial score (nSPS) is 11.4. The molecular formula is C55H47IrN3OSi-2. The van der Waals surface area contributed by atoms with Crippen LogP contribution in [0.1, 0.15) is 19.4 Å². The summed E-state index contributed by atoms with van der Waals surface area (Å²) in [4.78, 5) is 9.88. The predicted octanol–water partition coefficient (Wildman–Crippen LogP) is 14.0. The third kappa shape index (κ3) is 8.71. The molecule has 0 aliphatic heterocycles. The van der Waals surface area contributed by atoms with Crippen molar-refractivity contribution in [2.75, 3.05) is 0 Å². The number of nitrogens with zero attached hydrogens (tertiary/aromatic N) is 3. The number of fused-ring (bicyclic) bond motifs is 4. The number of furan rings is 1. The Morgan fingerprint density at radius 3 is 2.03 bits per heavy atom. The number of imidazole rings is 1. The van der Waals surface area contributed by atoms with Gasteiger partial charge < -0.3 is 14.0 Å². The van der Waals surface area contributed by atoms with Crippen LogP contribution in [0.4, 0.5) is 0 Å². The molecule has 6 heteroatoms. The zero-order valence-corrected chi connectivity index (χ0v) is 38.5. The maximum atomic E-state index is 6.33. The van der Waals surface area contributed by atoms with E-state index in [1.807, 2.05) is 48.5 Å². The predicted molar refractivity (Wildman–Crippen MR) is 254 cm³/mol. The summed E-state index contributed by atoms with van der Waals surface area (Å²) in [7, 11) is -1.40. The molecule has 0 bridgehead atoms. The smallest absolute Gasteiger partial charge is 0.120 e. The number of para-hydroxylation sites is 3. The molecule has 0 N–H and O–H groups in total. The topological polar surface area (TPSA) is 43.9 Å². The quantitative estimate of drug-likeness (QED) is 0.113. The molecule has 303 valence electrons. The molecular weight excluding hydrogens is 939 g/mol. The van der Waals surface area contributed by atoms with E-state index >= 15 is 0 Å². The van der Waals surface area contributed by atoms with E-state index in [2.05, 4.69) is 178 Å². The largest absolute Gasteiger partial charge is 0.501 e. The zero-order valence-electron chi connectivity index (χ0n) is 35.1. The Morgan fingerprint density at radius 1 is 0.639 bits per heavy atom. The molecule has 1 radical (unpaired) electrons. The molecule has 0 aliphatic carbocycles. The Morgan fingerprint density at radius 2 is 1.30 bits per heavy atom. The van der Waals surface area contributed by atoms with Crippen molar-refractivity contribution in [1.29, 1.82) is 0 Å². The zero-order chi connectivity index (χ0) is 41.2. The molecule has 0 atom stereocenters. The average molecular weight is 986 g/mol. The summed E-state index contributed by atoms with van der Waals surface area (Å²) < 4.78 is 8.54. The van der Waals surface area contributed by atoms with E-state index in [9.17, 15) is 0 Å². The molecule has 3 heterocycles. The van der Waals surface area contributed by atoms with Crippen molar-refractivity contribution in [3.05, 3.63) is 194 Å². The second-order valence-electron chi connectivity index (χ2n) is 16.8. The molecule has 10 rings (SSSR count). The van der Waals surface area contributed by atoms with Crippen LogP contribution in [0.3, 0.4) is 0 Å². The third-order valence-corrected chi connectivity index (χ3v) is 13.0. The van der Waals surface area contributed by atoms with E-state index in [4.69, 9.17) is 14.4 Å². The summed E-state index contributed by atoms with van der Waals surface area (Å²) in [6, 6.07) is 65.4. The number of hydrogen-bond acceptors (Lipinski definition) is 3. The van der Waals surface area contributed by atoms with Gasteiger partial charge in [-0.15, -0.1) is 53.6 Å². The van der Waals surface area contributed by atoms with Crippen LogP contribution in [-0.2, 0) is 26.5 Å². The van der Waals surface area contributed by atoms with Gasteiger partial charge in [0.15, 0.2) is 0 Å². The average Bonchev–Trinajstić information content (AvgIpc) is 3.86. The minimum atomic E-state index is -1.40. The Hall–Kier alpha value is -6.17. The van der Waals surface area contributed by atoms with Gasteiger partial charge >= 0.3 is 0 Å². The van der Waals surface area contributed by atoms with Crippen LogP contribution < -0.4 is 5.19 Å². The van der Waals surface area contributed by atoms with Gasteiger partial charge in [0.25, 0.3) is 0 Å². The van der Waals surface area contributed by atoms with E-state index in [0.717, 1.165) is 73.3 Å². The fourth-order valence-electron chi connectivity index (χ4n) is 8.12. The molecule has 0 saturated heterocycles. The van der Waals surface area contributed by atoms with Gasteiger partial charge in [0.05, 0.1) is 30.5 Å². The molecule has 0 saturated carbocycles. The van der Waals surface area contributed by atoms with E-state index in [1.54, 1.807) is 0 Å². The Balaban J connectivity index is 0.000000172. The van der Waals surface area contributed by atoms with Crippen LogP contribution in [0, 0.1) is 18.1 Å². The Bertz CT molecular complexity index is 3090. The van der Waals surface area contributed by atoms with Crippen LogP contribution in [0.5, 0.6) is 0 Å². The van der Waals surface area contributed by atoms with Crippen molar-refractivity contribution in [3.8, 4) is 50.6 Å². The van der Waals surface area contributed by atoms with Gasteiger partial charge in [-0.2, -0.15) is 0 Å². The van der Waals surface area contributed by atoms with Crippen molar-refractivity contribution in [2.24, 2.45) is 5.92 Å². The molecule has 0 amide bonds. The summed E-state index contributed by atoms with van der Waals surface area (Å²) in [5.41, 5.74) is 13.9. The fraction of sp³-hybridized carbons (Fsp3) is 0.127. The molecule has 0 unspecified atom stereocenters. The molecule has 0 spiro atoms. The van der Waals surface area contributed by atoms with Crippen LogP contribution in [0.25, 0.3) is 83.6 Å². The second kappa shape index (κ2) is 17.8. The van der Waals surface area contributed by atoms with Gasteiger partial charge in [-0.05, 0) is 70.2 Å². The minimum Gasteiger partial charge on any atom is -0.501 e. The minimum absolute atomic E-state index is 0. The van der Waals surface area contributed by atoms with Crippen LogP contribution >= 0.6 is 0 Å². The van der Waals surface area contributed by atoms with Crippen molar-refractivity contribution >= 4 is 46.2 Å². The summed E-state index contributed by atoms with van der Waals surface area (Å²) in [6.07, 6.45) is 3.23. The van der Waals surface area contributed by atoms with Gasteiger partial charge in [-0.3, -0.25) is 4.98 Å². The number of pyridine rings is 1. The van der Waals surface area contributed by atoms with Crippen molar-refractivity contribution in [2.45, 2.75) is 39.9 Å². The first-order valence-corrected chi connectivity index (χ1v) is 24.2. The van der Waals surface area contributed by atoms with E-state index in [-0.39, 0.29) is 20.1 Å². The SMILES string of the molecule is CC(C)Cc1cc(-c2[c-]ccc(-c3ccccc3)c2)ncc1[Si](C)(C)C.[Ir].[c-]1ccc2c(oc3ccccc32)c1-c1nc2ccccc2n1-c1cccc(-c2ccccc2)c1. The second-order valence-corrected chi connectivity index (χ2v) is 21.8. The van der Waals surface area contributed by atoms with Crippen LogP contribution in [-0.4, -0.2) is 22.6 Å². The molecule has 4 nitrogen and oxygen atoms in total. The standard InChI is InChI=1S/C31H19N2O.C24H28NSi.Ir/c1-2-10-21(11-3-1)22-12-8-13-23(20-22)33-28-18-6-5-17-27(28)32-31(33)26-16-9-15-25-24-14-4-7-19-29(24)34-30(25)26;1-18(2)14-22-16-23(25-17-24(22)26(3,4)5)21-13-9-12-20(15-21)19-10-7-6-8-11-19;/h1-15,17-20H;6-12,15-18H,14H2,1-5H3;/q2*-1;. The number of hydrogen-bond donors (Lipinski definition) is 0. The molecule has 3 aromatic heterocycles. The van der Waals surface area contributed by atoms with Crippen molar-refractivity contribution < 1.29 is 24.5 Å². The van der Waals surface area contributed by atoms with Crippen LogP contribution in [0.15, 0.2) is 180 Å². The van der Waals surface area contributed by atoms with Crippen molar-refractivity contribution in [1.82, 2.24) is 14.5 Å². The summed E-state index contributed by atoms with van der Waals surface area (Å²) >= 11 is 0. The summed E-state index contributed by atoms with van der Waals surface area (Å²) in [5, 5.41) is 3.65. The van der Waals surface area contributed by atoms with E-state index in [1.165, 1.54) is 27.4 Å². The van der Waals surface area contributed by atoms with Gasteiger partial charge in [-0.1, -0.05) is 159 Å². The Labute approximate surface area is 373 Å². The molecule has 10 aromatic rings. The monoisotopic (exact) mass is 986 g/mol. The van der Waals surface area contributed by atoms with Gasteiger partial charge in [0, 0.05) is 37.4 Å². The number of aromatic nitrogens is 3. The summed E-state index contributed by atoms with van der Waals surface area (Å²) in [5.74, 6) is 1.45. The first-order valence-electron chi connectivity index (χ1n) is 20.7. The third-order valence-electron chi connectivity index (χ3n) is 10.9. The summed E-state index contributed by atoms with van der Waals surface area (Å²) in [6.45, 7) is 11.8. The first-order chi connectivity index (χ1) is 29.2. The molecule has 0 fully saturated rings. The van der Waals surface area contributed by atoms with E-state index < -0.39 is 8.07 Å². The fourth-order valence-corrected chi connectivity index (χ4v) is 9.71. The number of benzene rings is 7. The van der Waals surface area contributed by atoms with E-state index in [0.29, 0.717) is 5.92 Å². The molecule has 61 heavy (non-hydrogen) atoms. The first kappa shape index (κ1) is 41.6. The molecule has 7 aromatic carbocycles.